The van der Waals surface area contributed by atoms with Gasteiger partial charge in [0.25, 0.3) is 0 Å². The lowest BCUT2D eigenvalue weighted by molar-refractivity contribution is -0.123. The molecule has 3 N–H and O–H groups in total. The van der Waals surface area contributed by atoms with Crippen molar-refractivity contribution in [1.82, 2.24) is 15.1 Å². The quantitative estimate of drug-likeness (QED) is 0.753. The van der Waals surface area contributed by atoms with Crippen LogP contribution in [0.2, 0.25) is 0 Å². The fraction of sp³-hybridized carbons (Fsp3) is 0.632. The van der Waals surface area contributed by atoms with Gasteiger partial charge in [0.15, 0.2) is 0 Å². The monoisotopic (exact) mass is 332 g/mol. The predicted molar refractivity (Wildman–Crippen MR) is 98.6 cm³/mol. The van der Waals surface area contributed by atoms with Gasteiger partial charge in [-0.2, -0.15) is 0 Å². The largest absolute Gasteiger partial charge is 0.351 e. The van der Waals surface area contributed by atoms with Crippen molar-refractivity contribution in [1.29, 1.82) is 0 Å². The van der Waals surface area contributed by atoms with E-state index in [4.69, 9.17) is 5.73 Å². The van der Waals surface area contributed by atoms with Crippen molar-refractivity contribution in [2.45, 2.75) is 32.9 Å². The molecule has 0 saturated carbocycles. The molecular formula is C19H32N4O. The summed E-state index contributed by atoms with van der Waals surface area (Å²) in [5.74, 6) is 0.642. The molecule has 1 heterocycles. The maximum Gasteiger partial charge on any atom is 0.234 e. The molecule has 0 bridgehead atoms. The maximum absolute atomic E-state index is 12.2. The highest BCUT2D eigenvalue weighted by molar-refractivity contribution is 5.78. The first kappa shape index (κ1) is 18.9. The molecule has 134 valence electrons. The Hall–Kier alpha value is -1.43. The minimum atomic E-state index is 0.0943. The summed E-state index contributed by atoms with van der Waals surface area (Å²) in [6.45, 7) is 10.2. The number of rotatable bonds is 8. The smallest absolute Gasteiger partial charge is 0.234 e. The second-order valence-corrected chi connectivity index (χ2v) is 7.17. The fourth-order valence-electron chi connectivity index (χ4n) is 3.21. The molecule has 0 radical (unpaired) electrons. The third-order valence-electron chi connectivity index (χ3n) is 4.49. The lowest BCUT2D eigenvalue weighted by Crippen LogP contribution is -2.51. The molecule has 0 aliphatic carbocycles. The summed E-state index contributed by atoms with van der Waals surface area (Å²) in [5, 5.41) is 3.08. The SMILES string of the molecule is CC(C)CC(CN)NC(=O)CN1CCN(Cc2ccccc2)CC1. The first-order valence-corrected chi connectivity index (χ1v) is 9.05. The average molecular weight is 332 g/mol. The Kier molecular flexibility index (Phi) is 7.69. The van der Waals surface area contributed by atoms with Crippen molar-refractivity contribution in [3.63, 3.8) is 0 Å². The van der Waals surface area contributed by atoms with E-state index in [9.17, 15) is 4.79 Å². The van der Waals surface area contributed by atoms with Crippen LogP contribution < -0.4 is 11.1 Å². The Balaban J connectivity index is 1.69. The zero-order valence-corrected chi connectivity index (χ0v) is 15.1. The van der Waals surface area contributed by atoms with Crippen LogP contribution in [0.5, 0.6) is 0 Å². The van der Waals surface area contributed by atoms with E-state index in [1.165, 1.54) is 5.56 Å². The van der Waals surface area contributed by atoms with E-state index in [0.29, 0.717) is 19.0 Å². The van der Waals surface area contributed by atoms with Crippen molar-refractivity contribution < 1.29 is 4.79 Å². The van der Waals surface area contributed by atoms with Crippen molar-refractivity contribution in [3.05, 3.63) is 35.9 Å². The topological polar surface area (TPSA) is 61.6 Å². The molecule has 1 unspecified atom stereocenters. The maximum atomic E-state index is 12.2. The van der Waals surface area contributed by atoms with Gasteiger partial charge in [0.1, 0.15) is 0 Å². The third kappa shape index (κ3) is 6.59. The molecular weight excluding hydrogens is 300 g/mol. The molecule has 1 atom stereocenters. The van der Waals surface area contributed by atoms with Crippen LogP contribution in [0.25, 0.3) is 0 Å². The predicted octanol–water partition coefficient (Wildman–Crippen LogP) is 1.29. The lowest BCUT2D eigenvalue weighted by atomic mass is 10.0. The summed E-state index contributed by atoms with van der Waals surface area (Å²) < 4.78 is 0. The van der Waals surface area contributed by atoms with Gasteiger partial charge in [-0.25, -0.2) is 0 Å². The zero-order chi connectivity index (χ0) is 17.4. The standard InChI is InChI=1S/C19H32N4O/c1-16(2)12-18(13-20)21-19(24)15-23-10-8-22(9-11-23)14-17-6-4-3-5-7-17/h3-7,16,18H,8-15,20H2,1-2H3,(H,21,24). The Morgan fingerprint density at radius 2 is 1.75 bits per heavy atom. The van der Waals surface area contributed by atoms with Gasteiger partial charge in [-0.1, -0.05) is 44.2 Å². The molecule has 5 nitrogen and oxygen atoms in total. The number of nitrogens with zero attached hydrogens (tertiary/aromatic N) is 2. The number of benzene rings is 1. The fourth-order valence-corrected chi connectivity index (χ4v) is 3.21. The molecule has 0 aromatic heterocycles. The Labute approximate surface area is 146 Å². The minimum absolute atomic E-state index is 0.0943. The number of nitrogens with two attached hydrogens (primary N) is 1. The summed E-state index contributed by atoms with van der Waals surface area (Å²) in [6, 6.07) is 10.6. The Morgan fingerprint density at radius 3 is 2.33 bits per heavy atom. The van der Waals surface area contributed by atoms with Crippen molar-refractivity contribution in [2.75, 3.05) is 39.3 Å². The zero-order valence-electron chi connectivity index (χ0n) is 15.1. The first-order valence-electron chi connectivity index (χ1n) is 9.05. The summed E-state index contributed by atoms with van der Waals surface area (Å²) in [5.41, 5.74) is 7.11. The van der Waals surface area contributed by atoms with Crippen LogP contribution in [0.15, 0.2) is 30.3 Å². The van der Waals surface area contributed by atoms with E-state index in [1.807, 2.05) is 6.07 Å². The summed E-state index contributed by atoms with van der Waals surface area (Å²) in [7, 11) is 0. The minimum Gasteiger partial charge on any atom is -0.351 e. The third-order valence-corrected chi connectivity index (χ3v) is 4.49. The van der Waals surface area contributed by atoms with E-state index in [1.54, 1.807) is 0 Å². The van der Waals surface area contributed by atoms with E-state index in [-0.39, 0.29) is 11.9 Å². The Bertz CT molecular complexity index is 483. The van der Waals surface area contributed by atoms with E-state index >= 15 is 0 Å². The van der Waals surface area contributed by atoms with Gasteiger partial charge < -0.3 is 11.1 Å². The van der Waals surface area contributed by atoms with Gasteiger partial charge in [-0.3, -0.25) is 14.6 Å². The van der Waals surface area contributed by atoms with E-state index in [2.05, 4.69) is 53.2 Å². The number of carbonyl (C=O) groups excluding carboxylic acids is 1. The highest BCUT2D eigenvalue weighted by atomic mass is 16.2. The van der Waals surface area contributed by atoms with E-state index in [0.717, 1.165) is 39.1 Å². The molecule has 1 aliphatic rings. The number of carbonyl (C=O) groups is 1. The van der Waals surface area contributed by atoms with Gasteiger partial charge in [0.05, 0.1) is 6.54 Å². The van der Waals surface area contributed by atoms with Gasteiger partial charge >= 0.3 is 0 Å². The van der Waals surface area contributed by atoms with Gasteiger partial charge in [-0.15, -0.1) is 0 Å². The van der Waals surface area contributed by atoms with Crippen LogP contribution in [0.1, 0.15) is 25.8 Å². The number of nitrogens with one attached hydrogen (secondary N) is 1. The van der Waals surface area contributed by atoms with Crippen LogP contribution in [0.3, 0.4) is 0 Å². The van der Waals surface area contributed by atoms with Gasteiger partial charge in [0.2, 0.25) is 5.91 Å². The van der Waals surface area contributed by atoms with Crippen LogP contribution in [0, 0.1) is 5.92 Å². The van der Waals surface area contributed by atoms with Gasteiger partial charge in [0, 0.05) is 45.3 Å². The highest BCUT2D eigenvalue weighted by Crippen LogP contribution is 2.08. The molecule has 1 aromatic rings. The number of hydrogen-bond donors (Lipinski definition) is 2. The molecule has 1 aromatic carbocycles. The average Bonchev–Trinajstić information content (AvgIpc) is 2.56. The molecule has 2 rings (SSSR count). The molecule has 1 fully saturated rings. The van der Waals surface area contributed by atoms with Crippen LogP contribution in [0.4, 0.5) is 0 Å². The molecule has 1 saturated heterocycles. The van der Waals surface area contributed by atoms with Gasteiger partial charge in [-0.05, 0) is 17.9 Å². The van der Waals surface area contributed by atoms with Crippen molar-refractivity contribution in [2.24, 2.45) is 11.7 Å². The molecule has 24 heavy (non-hydrogen) atoms. The molecule has 1 amide bonds. The second kappa shape index (κ2) is 9.77. The number of piperazine rings is 1. The normalized spacial score (nSPS) is 17.8. The molecule has 5 heteroatoms. The number of amides is 1. The van der Waals surface area contributed by atoms with E-state index < -0.39 is 0 Å². The highest BCUT2D eigenvalue weighted by Gasteiger charge is 2.20. The van der Waals surface area contributed by atoms with Crippen LogP contribution >= 0.6 is 0 Å². The first-order chi connectivity index (χ1) is 11.6. The second-order valence-electron chi connectivity index (χ2n) is 7.17. The van der Waals surface area contributed by atoms with Crippen LogP contribution in [-0.2, 0) is 11.3 Å². The van der Waals surface area contributed by atoms with Crippen molar-refractivity contribution >= 4 is 5.91 Å². The van der Waals surface area contributed by atoms with Crippen molar-refractivity contribution in [3.8, 4) is 0 Å². The summed E-state index contributed by atoms with van der Waals surface area (Å²) >= 11 is 0. The summed E-state index contributed by atoms with van der Waals surface area (Å²) in [6.07, 6.45) is 0.938. The van der Waals surface area contributed by atoms with Crippen LogP contribution in [-0.4, -0.2) is 61.0 Å². The lowest BCUT2D eigenvalue weighted by Gasteiger charge is -2.34. The molecule has 0 spiro atoms. The Morgan fingerprint density at radius 1 is 1.12 bits per heavy atom. The molecule has 1 aliphatic heterocycles. The number of hydrogen-bond acceptors (Lipinski definition) is 4. The summed E-state index contributed by atoms with van der Waals surface area (Å²) in [4.78, 5) is 16.9.